The molecule has 0 saturated carbocycles. The number of hydrogen-bond donors (Lipinski definition) is 2. The number of nitrogens with one attached hydrogen (secondary N) is 1. The SMILES string of the molecule is Cc1ccc(S(=O)(=O)N(C)C[C@H]2OCCCC[C@H](C)Oc3ccc(NS(=O)(=O)c4c(C)noc4C)cc3C(=O)N([C@H](C)CO)C[C@H]2C)cc1. The van der Waals surface area contributed by atoms with Crippen LogP contribution >= 0.6 is 0 Å². The van der Waals surface area contributed by atoms with Gasteiger partial charge in [0.25, 0.3) is 15.9 Å². The zero-order valence-corrected chi connectivity index (χ0v) is 30.8. The number of nitrogens with zero attached hydrogens (tertiary/aromatic N) is 3. The maximum Gasteiger partial charge on any atom is 0.267 e. The van der Waals surface area contributed by atoms with E-state index >= 15 is 0 Å². The van der Waals surface area contributed by atoms with Gasteiger partial charge >= 0.3 is 0 Å². The molecule has 15 heteroatoms. The number of aliphatic hydroxyl groups excluding tert-OH is 1. The number of fused-ring (bicyclic) bond motifs is 1. The van der Waals surface area contributed by atoms with Crippen LogP contribution in [0.25, 0.3) is 0 Å². The van der Waals surface area contributed by atoms with E-state index in [0.29, 0.717) is 19.4 Å². The first-order valence-electron chi connectivity index (χ1n) is 16.4. The lowest BCUT2D eigenvalue weighted by Gasteiger charge is -2.35. The summed E-state index contributed by atoms with van der Waals surface area (Å²) in [6.45, 7) is 10.5. The van der Waals surface area contributed by atoms with Gasteiger partial charge in [-0.2, -0.15) is 4.31 Å². The molecular weight excluding hydrogens is 673 g/mol. The van der Waals surface area contributed by atoms with Crippen molar-refractivity contribution in [1.82, 2.24) is 14.4 Å². The molecule has 0 bridgehead atoms. The average Bonchev–Trinajstić information content (AvgIpc) is 3.40. The molecule has 270 valence electrons. The van der Waals surface area contributed by atoms with Gasteiger partial charge in [0.1, 0.15) is 11.4 Å². The van der Waals surface area contributed by atoms with Gasteiger partial charge in [-0.15, -0.1) is 0 Å². The van der Waals surface area contributed by atoms with E-state index in [9.17, 15) is 26.7 Å². The molecule has 0 fully saturated rings. The summed E-state index contributed by atoms with van der Waals surface area (Å²) in [6.07, 6.45) is 1.23. The van der Waals surface area contributed by atoms with Crippen LogP contribution in [0.4, 0.5) is 5.69 Å². The Morgan fingerprint density at radius 1 is 1.06 bits per heavy atom. The summed E-state index contributed by atoms with van der Waals surface area (Å²) >= 11 is 0. The number of aromatic nitrogens is 1. The smallest absolute Gasteiger partial charge is 0.267 e. The minimum atomic E-state index is -4.11. The minimum Gasteiger partial charge on any atom is -0.490 e. The van der Waals surface area contributed by atoms with Gasteiger partial charge in [0.05, 0.1) is 35.3 Å². The summed E-state index contributed by atoms with van der Waals surface area (Å²) in [4.78, 5) is 16.0. The molecule has 49 heavy (non-hydrogen) atoms. The van der Waals surface area contributed by atoms with Crippen LogP contribution in [-0.2, 0) is 24.8 Å². The number of amides is 1. The molecule has 2 heterocycles. The molecule has 0 spiro atoms. The Hall–Kier alpha value is -3.50. The van der Waals surface area contributed by atoms with Crippen LogP contribution in [0.5, 0.6) is 5.75 Å². The van der Waals surface area contributed by atoms with Crippen LogP contribution in [0, 0.1) is 26.7 Å². The highest BCUT2D eigenvalue weighted by molar-refractivity contribution is 7.92. The Labute approximate surface area is 289 Å². The molecule has 4 atom stereocenters. The van der Waals surface area contributed by atoms with Crippen LogP contribution in [0.3, 0.4) is 0 Å². The molecule has 2 aromatic carbocycles. The van der Waals surface area contributed by atoms with Gasteiger partial charge in [-0.1, -0.05) is 29.8 Å². The van der Waals surface area contributed by atoms with Crippen LogP contribution in [0.1, 0.15) is 67.4 Å². The quantitative estimate of drug-likeness (QED) is 0.321. The Morgan fingerprint density at radius 3 is 2.39 bits per heavy atom. The third-order valence-electron chi connectivity index (χ3n) is 8.71. The number of aliphatic hydroxyl groups is 1. The van der Waals surface area contributed by atoms with Gasteiger partial charge in [-0.05, 0) is 84.2 Å². The van der Waals surface area contributed by atoms with E-state index in [1.807, 2.05) is 20.8 Å². The number of hydrogen-bond acceptors (Lipinski definition) is 10. The normalized spacial score (nSPS) is 20.7. The highest BCUT2D eigenvalue weighted by Crippen LogP contribution is 2.30. The van der Waals surface area contributed by atoms with Crippen molar-refractivity contribution in [3.63, 3.8) is 0 Å². The number of ether oxygens (including phenoxy) is 2. The number of benzene rings is 2. The van der Waals surface area contributed by atoms with E-state index < -0.39 is 38.1 Å². The number of likely N-dealkylation sites (N-methyl/N-ethyl adjacent to an activating group) is 1. The highest BCUT2D eigenvalue weighted by atomic mass is 32.2. The Bertz CT molecular complexity index is 1790. The fourth-order valence-electron chi connectivity index (χ4n) is 5.75. The number of anilines is 1. The van der Waals surface area contributed by atoms with Crippen molar-refractivity contribution in [1.29, 1.82) is 0 Å². The van der Waals surface area contributed by atoms with Crippen molar-refractivity contribution in [2.75, 3.05) is 38.1 Å². The average molecular weight is 721 g/mol. The Kier molecular flexibility index (Phi) is 12.5. The summed E-state index contributed by atoms with van der Waals surface area (Å²) in [7, 11) is -6.43. The van der Waals surface area contributed by atoms with E-state index in [4.69, 9.17) is 14.0 Å². The maximum atomic E-state index is 14.4. The second-order valence-electron chi connectivity index (χ2n) is 12.9. The summed E-state index contributed by atoms with van der Waals surface area (Å²) in [5, 5.41) is 14.0. The zero-order chi connectivity index (χ0) is 36.1. The number of rotatable bonds is 9. The van der Waals surface area contributed by atoms with E-state index in [-0.39, 0.29) is 70.0 Å². The molecule has 2 N–H and O–H groups in total. The van der Waals surface area contributed by atoms with Crippen molar-refractivity contribution in [2.24, 2.45) is 5.92 Å². The largest absolute Gasteiger partial charge is 0.490 e. The van der Waals surface area contributed by atoms with Crippen molar-refractivity contribution in [2.45, 2.75) is 88.8 Å². The Balaban J connectivity index is 1.69. The minimum absolute atomic E-state index is 0.0383. The Morgan fingerprint density at radius 2 is 1.76 bits per heavy atom. The third-order valence-corrected chi connectivity index (χ3v) is 12.2. The van der Waals surface area contributed by atoms with Crippen LogP contribution in [0.2, 0.25) is 0 Å². The van der Waals surface area contributed by atoms with E-state index in [1.54, 1.807) is 37.3 Å². The van der Waals surface area contributed by atoms with Crippen molar-refractivity contribution >= 4 is 31.6 Å². The third kappa shape index (κ3) is 9.19. The van der Waals surface area contributed by atoms with E-state index in [2.05, 4.69) is 9.88 Å². The standard InChI is InChI=1S/C34H48N4O9S2/c1-22-11-14-29(15-12-22)49(43,44)37(7)20-32-23(2)19-38(24(3)21-39)34(40)30-18-28(36-48(41,42)33-26(5)35-47-27(33)6)13-16-31(30)46-25(4)10-8-9-17-45-32/h11-16,18,23-25,32,36,39H,8-10,17,19-21H2,1-7H3/t23-,24-,25+,32-/m1/s1. The molecule has 0 aliphatic carbocycles. The summed E-state index contributed by atoms with van der Waals surface area (Å²) < 4.78 is 75.0. The van der Waals surface area contributed by atoms with Crippen molar-refractivity contribution in [3.8, 4) is 5.75 Å². The molecular formula is C34H48N4O9S2. The van der Waals surface area contributed by atoms with Crippen molar-refractivity contribution in [3.05, 3.63) is 65.0 Å². The monoisotopic (exact) mass is 720 g/mol. The highest BCUT2D eigenvalue weighted by Gasteiger charge is 2.33. The zero-order valence-electron chi connectivity index (χ0n) is 29.2. The molecule has 0 radical (unpaired) electrons. The van der Waals surface area contributed by atoms with Gasteiger partial charge in [-0.25, -0.2) is 16.8 Å². The topological polar surface area (TPSA) is 169 Å². The van der Waals surface area contributed by atoms with Crippen LogP contribution < -0.4 is 9.46 Å². The molecule has 1 aromatic heterocycles. The lowest BCUT2D eigenvalue weighted by molar-refractivity contribution is -0.00833. The van der Waals surface area contributed by atoms with Crippen molar-refractivity contribution < 1.29 is 40.7 Å². The molecule has 1 aliphatic rings. The fraction of sp³-hybridized carbons (Fsp3) is 0.529. The van der Waals surface area contributed by atoms with Gasteiger partial charge in [0, 0.05) is 38.3 Å². The predicted octanol–water partition coefficient (Wildman–Crippen LogP) is 4.52. The summed E-state index contributed by atoms with van der Waals surface area (Å²) in [5.41, 5.74) is 1.37. The molecule has 3 aromatic rings. The van der Waals surface area contributed by atoms with E-state index in [0.717, 1.165) is 12.0 Å². The van der Waals surface area contributed by atoms with Gasteiger partial charge < -0.3 is 24.0 Å². The summed E-state index contributed by atoms with van der Waals surface area (Å²) in [6, 6.07) is 10.5. The van der Waals surface area contributed by atoms with Gasteiger partial charge in [-0.3, -0.25) is 9.52 Å². The first kappa shape index (κ1) is 38.3. The first-order valence-corrected chi connectivity index (χ1v) is 19.3. The lowest BCUT2D eigenvalue weighted by atomic mass is 10.0. The molecule has 0 unspecified atom stereocenters. The second-order valence-corrected chi connectivity index (χ2v) is 16.5. The fourth-order valence-corrected chi connectivity index (χ4v) is 8.32. The lowest BCUT2D eigenvalue weighted by Crippen LogP contribution is -2.48. The molecule has 13 nitrogen and oxygen atoms in total. The number of sulfonamides is 2. The molecule has 1 amide bonds. The number of aryl methyl sites for hydroxylation is 3. The number of carbonyl (C=O) groups is 1. The predicted molar refractivity (Wildman–Crippen MR) is 185 cm³/mol. The molecule has 1 aliphatic heterocycles. The van der Waals surface area contributed by atoms with Gasteiger partial charge in [0.2, 0.25) is 10.0 Å². The summed E-state index contributed by atoms with van der Waals surface area (Å²) in [5.74, 6) is -0.469. The van der Waals surface area contributed by atoms with Crippen LogP contribution in [0.15, 0.2) is 56.8 Å². The second kappa shape index (κ2) is 16.0. The first-order chi connectivity index (χ1) is 23.0. The number of carbonyl (C=O) groups excluding carboxylic acids is 1. The maximum absolute atomic E-state index is 14.4. The van der Waals surface area contributed by atoms with Gasteiger partial charge in [0.15, 0.2) is 10.7 Å². The van der Waals surface area contributed by atoms with Crippen LogP contribution in [-0.4, -0.2) is 93.8 Å². The molecule has 0 saturated heterocycles. The molecule has 4 rings (SSSR count). The van der Waals surface area contributed by atoms with E-state index in [1.165, 1.54) is 42.2 Å².